The van der Waals surface area contributed by atoms with E-state index in [1.807, 2.05) is 13.0 Å². The molecule has 9 heteroatoms. The molecular formula is C19H17N6O2S. The molecule has 8 nitrogen and oxygen atoms in total. The van der Waals surface area contributed by atoms with Crippen molar-refractivity contribution in [3.8, 4) is 22.6 Å². The van der Waals surface area contributed by atoms with Crippen LogP contribution in [-0.4, -0.2) is 38.3 Å². The Kier molecular flexibility index (Phi) is 4.31. The molecule has 0 aliphatic carbocycles. The number of rotatable bonds is 4. The molecule has 4 heterocycles. The van der Waals surface area contributed by atoms with Gasteiger partial charge in [0.2, 0.25) is 0 Å². The summed E-state index contributed by atoms with van der Waals surface area (Å²) in [5.41, 5.74) is 11.3. The van der Waals surface area contributed by atoms with E-state index in [9.17, 15) is 8.42 Å². The number of fused-ring (bicyclic) bond motifs is 1. The third kappa shape index (κ3) is 3.09. The molecule has 2 N–H and O–H groups in total. The molecule has 0 spiro atoms. The summed E-state index contributed by atoms with van der Waals surface area (Å²) in [4.78, 5) is 13.3. The molecule has 4 rings (SSSR count). The second kappa shape index (κ2) is 6.68. The Morgan fingerprint density at radius 2 is 2.00 bits per heavy atom. The van der Waals surface area contributed by atoms with E-state index in [-0.39, 0.29) is 5.75 Å². The summed E-state index contributed by atoms with van der Waals surface area (Å²) in [7, 11) is -3.47. The van der Waals surface area contributed by atoms with Crippen molar-refractivity contribution in [3.63, 3.8) is 0 Å². The highest BCUT2D eigenvalue weighted by Crippen LogP contribution is 2.28. The number of nitrogen functional groups attached to an aromatic ring is 1. The van der Waals surface area contributed by atoms with E-state index in [1.54, 1.807) is 37.5 Å². The third-order valence-electron chi connectivity index (χ3n) is 4.40. The van der Waals surface area contributed by atoms with E-state index >= 15 is 0 Å². The number of aryl methyl sites for hydroxylation is 1. The van der Waals surface area contributed by atoms with Crippen molar-refractivity contribution in [3.05, 3.63) is 54.5 Å². The SMILES string of the molecule is CCS(=O)(=O)n1c[c]c(-c2ccc3nc(-c4cnccc4C)cc(N)c3n2)n1. The van der Waals surface area contributed by atoms with Crippen molar-refractivity contribution in [1.29, 1.82) is 0 Å². The van der Waals surface area contributed by atoms with Crippen LogP contribution in [0, 0.1) is 13.0 Å². The molecule has 0 bridgehead atoms. The van der Waals surface area contributed by atoms with Crippen molar-refractivity contribution in [2.24, 2.45) is 0 Å². The van der Waals surface area contributed by atoms with Gasteiger partial charge in [0.25, 0.3) is 10.0 Å². The topological polar surface area (TPSA) is 117 Å². The van der Waals surface area contributed by atoms with Gasteiger partial charge in [-0.05, 0) is 43.7 Å². The van der Waals surface area contributed by atoms with Gasteiger partial charge in [-0.25, -0.2) is 18.4 Å². The first-order chi connectivity index (χ1) is 13.4. The minimum Gasteiger partial charge on any atom is -0.397 e. The molecule has 4 aromatic heterocycles. The molecule has 141 valence electrons. The summed E-state index contributed by atoms with van der Waals surface area (Å²) in [6.45, 7) is 3.54. The highest BCUT2D eigenvalue weighted by atomic mass is 32.2. The first-order valence-corrected chi connectivity index (χ1v) is 10.2. The van der Waals surface area contributed by atoms with Crippen molar-refractivity contribution in [1.82, 2.24) is 24.1 Å². The molecule has 0 aliphatic rings. The summed E-state index contributed by atoms with van der Waals surface area (Å²) in [5.74, 6) is -0.0550. The predicted octanol–water partition coefficient (Wildman–Crippen LogP) is 2.44. The number of hydrogen-bond donors (Lipinski definition) is 1. The minimum absolute atomic E-state index is 0.0550. The molecule has 0 saturated carbocycles. The molecule has 0 atom stereocenters. The number of aromatic nitrogens is 5. The summed E-state index contributed by atoms with van der Waals surface area (Å²) < 4.78 is 24.8. The first kappa shape index (κ1) is 18.1. The Balaban J connectivity index is 1.80. The van der Waals surface area contributed by atoms with Crippen LogP contribution in [0.15, 0.2) is 42.9 Å². The molecule has 0 saturated heterocycles. The summed E-state index contributed by atoms with van der Waals surface area (Å²) in [6.07, 6.45) is 4.77. The van der Waals surface area contributed by atoms with Crippen molar-refractivity contribution in [2.45, 2.75) is 13.8 Å². The number of hydrogen-bond acceptors (Lipinski definition) is 7. The fourth-order valence-electron chi connectivity index (χ4n) is 2.81. The van der Waals surface area contributed by atoms with Gasteiger partial charge < -0.3 is 5.73 Å². The lowest BCUT2D eigenvalue weighted by molar-refractivity contribution is 0.581. The fraction of sp³-hybridized carbons (Fsp3) is 0.158. The quantitative estimate of drug-likeness (QED) is 0.566. The van der Waals surface area contributed by atoms with Gasteiger partial charge in [-0.1, -0.05) is 0 Å². The Hall–Kier alpha value is -3.33. The maximum atomic E-state index is 11.9. The van der Waals surface area contributed by atoms with Crippen LogP contribution in [0.3, 0.4) is 0 Å². The lowest BCUT2D eigenvalue weighted by atomic mass is 10.1. The van der Waals surface area contributed by atoms with Crippen LogP contribution in [0.5, 0.6) is 0 Å². The second-order valence-corrected chi connectivity index (χ2v) is 8.36. The number of pyridine rings is 3. The smallest absolute Gasteiger partial charge is 0.253 e. The van der Waals surface area contributed by atoms with Gasteiger partial charge in [-0.15, -0.1) is 0 Å². The van der Waals surface area contributed by atoms with Crippen LogP contribution in [0.1, 0.15) is 12.5 Å². The average Bonchev–Trinajstić information content (AvgIpc) is 3.19. The Bertz CT molecular complexity index is 1300. The summed E-state index contributed by atoms with van der Waals surface area (Å²) in [6, 6.07) is 10.0. The Morgan fingerprint density at radius 3 is 2.75 bits per heavy atom. The van der Waals surface area contributed by atoms with Crippen LogP contribution in [-0.2, 0) is 10.0 Å². The van der Waals surface area contributed by atoms with E-state index in [0.29, 0.717) is 28.1 Å². The standard InChI is InChI=1S/C19H17N6O2S/c1-3-28(26,27)25-9-7-16(24-25)15-4-5-17-19(23-15)14(20)10-18(22-17)13-11-21-8-6-12(13)2/h4-6,8-11H,3H2,1-2H3,(H2,20,22). The second-order valence-electron chi connectivity index (χ2n) is 6.25. The van der Waals surface area contributed by atoms with Gasteiger partial charge in [0.15, 0.2) is 0 Å². The van der Waals surface area contributed by atoms with Crippen LogP contribution < -0.4 is 5.73 Å². The summed E-state index contributed by atoms with van der Waals surface area (Å²) in [5, 5.41) is 4.08. The maximum Gasteiger partial charge on any atom is 0.253 e. The number of nitrogens with zero attached hydrogens (tertiary/aromatic N) is 5. The largest absolute Gasteiger partial charge is 0.397 e. The van der Waals surface area contributed by atoms with E-state index in [1.165, 1.54) is 6.20 Å². The van der Waals surface area contributed by atoms with Crippen LogP contribution in [0.4, 0.5) is 5.69 Å². The maximum absolute atomic E-state index is 11.9. The van der Waals surface area contributed by atoms with Crippen LogP contribution in [0.2, 0.25) is 0 Å². The van der Waals surface area contributed by atoms with Gasteiger partial charge in [-0.2, -0.15) is 9.19 Å². The van der Waals surface area contributed by atoms with Crippen LogP contribution >= 0.6 is 0 Å². The number of anilines is 1. The van der Waals surface area contributed by atoms with Gasteiger partial charge in [0, 0.05) is 24.0 Å². The van der Waals surface area contributed by atoms with Crippen LogP contribution in [0.25, 0.3) is 33.7 Å². The highest BCUT2D eigenvalue weighted by Gasteiger charge is 2.15. The average molecular weight is 393 g/mol. The lowest BCUT2D eigenvalue weighted by Crippen LogP contribution is -2.15. The molecule has 0 aliphatic heterocycles. The minimum atomic E-state index is -3.47. The molecule has 0 unspecified atom stereocenters. The van der Waals surface area contributed by atoms with Crippen molar-refractivity contribution < 1.29 is 8.42 Å². The highest BCUT2D eigenvalue weighted by molar-refractivity contribution is 7.89. The molecule has 4 aromatic rings. The zero-order chi connectivity index (χ0) is 19.9. The van der Waals surface area contributed by atoms with Crippen molar-refractivity contribution >= 4 is 26.7 Å². The zero-order valence-electron chi connectivity index (χ0n) is 15.3. The fourth-order valence-corrected chi connectivity index (χ4v) is 3.49. The monoisotopic (exact) mass is 393 g/mol. The zero-order valence-corrected chi connectivity index (χ0v) is 16.1. The van der Waals surface area contributed by atoms with E-state index in [0.717, 1.165) is 20.9 Å². The van der Waals surface area contributed by atoms with E-state index < -0.39 is 10.0 Å². The normalized spacial score (nSPS) is 11.8. The molecule has 0 fully saturated rings. The van der Waals surface area contributed by atoms with Crippen molar-refractivity contribution in [2.75, 3.05) is 11.5 Å². The Morgan fingerprint density at radius 1 is 1.18 bits per heavy atom. The van der Waals surface area contributed by atoms with E-state index in [2.05, 4.69) is 26.1 Å². The summed E-state index contributed by atoms with van der Waals surface area (Å²) >= 11 is 0. The molecule has 0 amide bonds. The van der Waals surface area contributed by atoms with E-state index in [4.69, 9.17) is 5.73 Å². The van der Waals surface area contributed by atoms with Gasteiger partial charge in [0.1, 0.15) is 11.2 Å². The van der Waals surface area contributed by atoms with Gasteiger partial charge in [0.05, 0.1) is 34.5 Å². The van der Waals surface area contributed by atoms with Gasteiger partial charge >= 0.3 is 0 Å². The van der Waals surface area contributed by atoms with Gasteiger partial charge in [-0.3, -0.25) is 4.98 Å². The lowest BCUT2D eigenvalue weighted by Gasteiger charge is -2.08. The number of nitrogens with two attached hydrogens (primary N) is 1. The molecule has 28 heavy (non-hydrogen) atoms. The predicted molar refractivity (Wildman–Crippen MR) is 107 cm³/mol. The Labute approximate surface area is 162 Å². The third-order valence-corrected chi connectivity index (χ3v) is 5.88. The first-order valence-electron chi connectivity index (χ1n) is 8.58. The molecular weight excluding hydrogens is 376 g/mol. The molecule has 0 aromatic carbocycles. The molecule has 1 radical (unpaired) electrons.